The maximum Gasteiger partial charge on any atom is 0.255 e. The Labute approximate surface area is 155 Å². The van der Waals surface area contributed by atoms with Crippen LogP contribution in [0, 0.1) is 0 Å². The smallest absolute Gasteiger partial charge is 0.255 e. The summed E-state index contributed by atoms with van der Waals surface area (Å²) < 4.78 is 0. The van der Waals surface area contributed by atoms with Gasteiger partial charge in [-0.05, 0) is 55.2 Å². The molecule has 136 valence electrons. The standard InChI is InChI=1S/C22H26N2O2/c1-2-16-11-13-20(14-12-16)24-22(26)18-8-6-7-17(15-18)21(25)23-19-9-4-3-5-10-19/h6-8,11-15,19H,2-5,9-10H2,1H3,(H,23,25)(H,24,26). The van der Waals surface area contributed by atoms with Crippen LogP contribution in [0.15, 0.2) is 48.5 Å². The van der Waals surface area contributed by atoms with Gasteiger partial charge in [0, 0.05) is 22.9 Å². The predicted molar refractivity (Wildman–Crippen MR) is 105 cm³/mol. The van der Waals surface area contributed by atoms with Crippen LogP contribution >= 0.6 is 0 Å². The van der Waals surface area contributed by atoms with Crippen molar-refractivity contribution >= 4 is 17.5 Å². The summed E-state index contributed by atoms with van der Waals surface area (Å²) in [6.07, 6.45) is 6.64. The molecular formula is C22H26N2O2. The topological polar surface area (TPSA) is 58.2 Å². The summed E-state index contributed by atoms with van der Waals surface area (Å²) in [4.78, 5) is 25.0. The third kappa shape index (κ3) is 4.72. The van der Waals surface area contributed by atoms with Gasteiger partial charge in [-0.25, -0.2) is 0 Å². The molecule has 1 saturated carbocycles. The lowest BCUT2D eigenvalue weighted by atomic mass is 9.95. The van der Waals surface area contributed by atoms with Gasteiger partial charge in [-0.2, -0.15) is 0 Å². The Hall–Kier alpha value is -2.62. The lowest BCUT2D eigenvalue weighted by Gasteiger charge is -2.22. The van der Waals surface area contributed by atoms with Gasteiger partial charge >= 0.3 is 0 Å². The number of hydrogen-bond donors (Lipinski definition) is 2. The van der Waals surface area contributed by atoms with E-state index in [1.807, 2.05) is 24.3 Å². The van der Waals surface area contributed by atoms with Gasteiger partial charge in [0.1, 0.15) is 0 Å². The molecule has 2 aromatic rings. The lowest BCUT2D eigenvalue weighted by molar-refractivity contribution is 0.0927. The van der Waals surface area contributed by atoms with Gasteiger partial charge in [0.25, 0.3) is 11.8 Å². The zero-order chi connectivity index (χ0) is 18.4. The van der Waals surface area contributed by atoms with Crippen LogP contribution in [0.4, 0.5) is 5.69 Å². The second kappa shape index (κ2) is 8.65. The van der Waals surface area contributed by atoms with Crippen LogP contribution in [0.3, 0.4) is 0 Å². The number of anilines is 1. The van der Waals surface area contributed by atoms with E-state index < -0.39 is 0 Å². The van der Waals surface area contributed by atoms with E-state index in [0.29, 0.717) is 11.1 Å². The minimum Gasteiger partial charge on any atom is -0.349 e. The Morgan fingerprint density at radius 1 is 0.923 bits per heavy atom. The van der Waals surface area contributed by atoms with E-state index in [-0.39, 0.29) is 17.9 Å². The Balaban J connectivity index is 1.65. The van der Waals surface area contributed by atoms with Gasteiger partial charge in [-0.3, -0.25) is 9.59 Å². The van der Waals surface area contributed by atoms with E-state index >= 15 is 0 Å². The molecule has 26 heavy (non-hydrogen) atoms. The summed E-state index contributed by atoms with van der Waals surface area (Å²) in [6, 6.07) is 15.0. The van der Waals surface area contributed by atoms with Crippen molar-refractivity contribution in [2.24, 2.45) is 0 Å². The molecule has 1 aliphatic rings. The first-order chi connectivity index (χ1) is 12.7. The normalized spacial score (nSPS) is 14.7. The highest BCUT2D eigenvalue weighted by Gasteiger charge is 2.17. The summed E-state index contributed by atoms with van der Waals surface area (Å²) in [7, 11) is 0. The molecule has 0 spiro atoms. The Kier molecular flexibility index (Phi) is 6.05. The fourth-order valence-electron chi connectivity index (χ4n) is 3.34. The van der Waals surface area contributed by atoms with Crippen molar-refractivity contribution < 1.29 is 9.59 Å². The van der Waals surface area contributed by atoms with Crippen LogP contribution in [0.1, 0.15) is 65.3 Å². The molecule has 0 aromatic heterocycles. The van der Waals surface area contributed by atoms with Crippen molar-refractivity contribution in [3.05, 3.63) is 65.2 Å². The quantitative estimate of drug-likeness (QED) is 0.830. The third-order valence-corrected chi connectivity index (χ3v) is 4.95. The Morgan fingerprint density at radius 3 is 2.23 bits per heavy atom. The monoisotopic (exact) mass is 350 g/mol. The molecule has 0 radical (unpaired) electrons. The number of hydrogen-bond acceptors (Lipinski definition) is 2. The van der Waals surface area contributed by atoms with Crippen LogP contribution in [0.2, 0.25) is 0 Å². The van der Waals surface area contributed by atoms with Crippen molar-refractivity contribution in [3.8, 4) is 0 Å². The lowest BCUT2D eigenvalue weighted by Crippen LogP contribution is -2.36. The van der Waals surface area contributed by atoms with Crippen LogP contribution in [-0.4, -0.2) is 17.9 Å². The molecule has 2 N–H and O–H groups in total. The molecule has 0 aliphatic heterocycles. The summed E-state index contributed by atoms with van der Waals surface area (Å²) in [6.45, 7) is 2.09. The summed E-state index contributed by atoms with van der Waals surface area (Å²) in [5.74, 6) is -0.305. The van der Waals surface area contributed by atoms with Crippen molar-refractivity contribution in [1.82, 2.24) is 5.32 Å². The van der Waals surface area contributed by atoms with Crippen molar-refractivity contribution in [1.29, 1.82) is 0 Å². The summed E-state index contributed by atoms with van der Waals surface area (Å²) in [5.41, 5.74) is 3.00. The van der Waals surface area contributed by atoms with Gasteiger partial charge in [-0.15, -0.1) is 0 Å². The molecular weight excluding hydrogens is 324 g/mol. The molecule has 0 saturated heterocycles. The molecule has 4 nitrogen and oxygen atoms in total. The molecule has 3 rings (SSSR count). The van der Waals surface area contributed by atoms with Crippen molar-refractivity contribution in [2.45, 2.75) is 51.5 Å². The van der Waals surface area contributed by atoms with Gasteiger partial charge in [0.2, 0.25) is 0 Å². The SMILES string of the molecule is CCc1ccc(NC(=O)c2cccc(C(=O)NC3CCCCC3)c2)cc1. The first kappa shape index (κ1) is 18.2. The number of amides is 2. The third-order valence-electron chi connectivity index (χ3n) is 4.95. The number of carbonyl (C=O) groups excluding carboxylic acids is 2. The molecule has 2 aromatic carbocycles. The van der Waals surface area contributed by atoms with Gasteiger partial charge < -0.3 is 10.6 Å². The van der Waals surface area contributed by atoms with E-state index in [9.17, 15) is 9.59 Å². The Bertz CT molecular complexity index is 762. The van der Waals surface area contributed by atoms with E-state index in [0.717, 1.165) is 24.9 Å². The average molecular weight is 350 g/mol. The first-order valence-electron chi connectivity index (χ1n) is 9.47. The zero-order valence-electron chi connectivity index (χ0n) is 15.3. The number of benzene rings is 2. The molecule has 0 heterocycles. The largest absolute Gasteiger partial charge is 0.349 e. The molecule has 0 atom stereocenters. The average Bonchev–Trinajstić information content (AvgIpc) is 2.69. The minimum absolute atomic E-state index is 0.0983. The first-order valence-corrected chi connectivity index (χ1v) is 9.47. The van der Waals surface area contributed by atoms with E-state index in [1.165, 1.54) is 24.8 Å². The fraction of sp³-hybridized carbons (Fsp3) is 0.364. The van der Waals surface area contributed by atoms with Gasteiger partial charge in [0.15, 0.2) is 0 Å². The highest BCUT2D eigenvalue weighted by atomic mass is 16.2. The van der Waals surface area contributed by atoms with Crippen LogP contribution in [-0.2, 0) is 6.42 Å². The number of carbonyl (C=O) groups is 2. The van der Waals surface area contributed by atoms with Crippen LogP contribution in [0.25, 0.3) is 0 Å². The number of rotatable bonds is 5. The predicted octanol–water partition coefficient (Wildman–Crippen LogP) is 4.56. The fourth-order valence-corrected chi connectivity index (χ4v) is 3.34. The Morgan fingerprint density at radius 2 is 1.58 bits per heavy atom. The maximum atomic E-state index is 12.5. The molecule has 0 bridgehead atoms. The molecule has 0 unspecified atom stereocenters. The molecule has 2 amide bonds. The minimum atomic E-state index is -0.207. The number of aryl methyl sites for hydroxylation is 1. The van der Waals surface area contributed by atoms with Crippen molar-refractivity contribution in [3.63, 3.8) is 0 Å². The molecule has 1 aliphatic carbocycles. The van der Waals surface area contributed by atoms with E-state index in [1.54, 1.807) is 24.3 Å². The number of nitrogens with one attached hydrogen (secondary N) is 2. The zero-order valence-corrected chi connectivity index (χ0v) is 15.3. The van der Waals surface area contributed by atoms with E-state index in [2.05, 4.69) is 17.6 Å². The summed E-state index contributed by atoms with van der Waals surface area (Å²) >= 11 is 0. The highest BCUT2D eigenvalue weighted by Crippen LogP contribution is 2.18. The van der Waals surface area contributed by atoms with E-state index in [4.69, 9.17) is 0 Å². The van der Waals surface area contributed by atoms with Gasteiger partial charge in [0.05, 0.1) is 0 Å². The highest BCUT2D eigenvalue weighted by molar-refractivity contribution is 6.06. The maximum absolute atomic E-state index is 12.5. The van der Waals surface area contributed by atoms with Crippen LogP contribution in [0.5, 0.6) is 0 Å². The van der Waals surface area contributed by atoms with Crippen LogP contribution < -0.4 is 10.6 Å². The second-order valence-corrected chi connectivity index (χ2v) is 6.89. The summed E-state index contributed by atoms with van der Waals surface area (Å²) in [5, 5.41) is 5.98. The molecule has 1 fully saturated rings. The van der Waals surface area contributed by atoms with Gasteiger partial charge in [-0.1, -0.05) is 44.4 Å². The second-order valence-electron chi connectivity index (χ2n) is 6.89. The molecule has 4 heteroatoms. The van der Waals surface area contributed by atoms with Crippen molar-refractivity contribution in [2.75, 3.05) is 5.32 Å².